The van der Waals surface area contributed by atoms with Crippen molar-refractivity contribution in [3.8, 4) is 11.5 Å². The highest BCUT2D eigenvalue weighted by Gasteiger charge is 2.22. The van der Waals surface area contributed by atoms with Crippen LogP contribution in [0.2, 0.25) is 0 Å². The smallest absolute Gasteiger partial charge is 0.161 e. The second kappa shape index (κ2) is 6.14. The second-order valence-corrected chi connectivity index (χ2v) is 5.21. The molecule has 3 rings (SSSR count). The molecule has 4 heteroatoms. The Bertz CT molecular complexity index is 628. The molecule has 0 bridgehead atoms. The molecule has 1 atom stereocenters. The van der Waals surface area contributed by atoms with Gasteiger partial charge in [0.2, 0.25) is 0 Å². The first-order chi connectivity index (χ1) is 10.3. The number of pyridine rings is 1. The van der Waals surface area contributed by atoms with E-state index in [0.29, 0.717) is 6.04 Å². The predicted octanol–water partition coefficient (Wildman–Crippen LogP) is 2.88. The van der Waals surface area contributed by atoms with Gasteiger partial charge in [-0.25, -0.2) is 0 Å². The number of benzene rings is 1. The summed E-state index contributed by atoms with van der Waals surface area (Å²) in [5, 5.41) is 3.58. The summed E-state index contributed by atoms with van der Waals surface area (Å²) in [6, 6.07) is 10.5. The molecule has 0 fully saturated rings. The van der Waals surface area contributed by atoms with Gasteiger partial charge in [0.15, 0.2) is 11.5 Å². The van der Waals surface area contributed by atoms with E-state index in [-0.39, 0.29) is 0 Å². The third-order valence-electron chi connectivity index (χ3n) is 3.96. The van der Waals surface area contributed by atoms with Crippen LogP contribution in [0.25, 0.3) is 0 Å². The van der Waals surface area contributed by atoms with Crippen LogP contribution in [0.4, 0.5) is 0 Å². The van der Waals surface area contributed by atoms with Gasteiger partial charge in [0.05, 0.1) is 26.0 Å². The molecule has 0 aliphatic heterocycles. The molecule has 0 saturated carbocycles. The van der Waals surface area contributed by atoms with Crippen molar-refractivity contribution in [2.75, 3.05) is 14.2 Å². The van der Waals surface area contributed by atoms with Crippen LogP contribution in [0.3, 0.4) is 0 Å². The Hall–Kier alpha value is -2.07. The molecule has 0 amide bonds. The van der Waals surface area contributed by atoms with Gasteiger partial charge in [0.1, 0.15) is 0 Å². The number of hydrogen-bond acceptors (Lipinski definition) is 4. The lowest BCUT2D eigenvalue weighted by Crippen LogP contribution is -2.19. The summed E-state index contributed by atoms with van der Waals surface area (Å²) >= 11 is 0. The molecular formula is C17H20N2O2. The summed E-state index contributed by atoms with van der Waals surface area (Å²) in [5.41, 5.74) is 3.73. The standard InChI is InChI=1S/C17H20N2O2/c1-20-15-8-5-12(10-16(15)21-2)11-19-14-7-6-13-4-3-9-18-17(13)14/h3-5,8-10,14,19H,6-7,11H2,1-2H3. The minimum absolute atomic E-state index is 0.342. The van der Waals surface area contributed by atoms with Crippen LogP contribution in [0, 0.1) is 0 Å². The predicted molar refractivity (Wildman–Crippen MR) is 81.7 cm³/mol. The lowest BCUT2D eigenvalue weighted by Gasteiger charge is -2.14. The Morgan fingerprint density at radius 2 is 2.05 bits per heavy atom. The number of methoxy groups -OCH3 is 2. The fourth-order valence-electron chi connectivity index (χ4n) is 2.84. The maximum absolute atomic E-state index is 5.34. The molecule has 4 nitrogen and oxygen atoms in total. The Morgan fingerprint density at radius 3 is 2.86 bits per heavy atom. The molecule has 0 radical (unpaired) electrons. The molecule has 2 aromatic rings. The number of hydrogen-bond donors (Lipinski definition) is 1. The number of aromatic nitrogens is 1. The molecule has 21 heavy (non-hydrogen) atoms. The van der Waals surface area contributed by atoms with E-state index in [4.69, 9.17) is 9.47 Å². The zero-order valence-electron chi connectivity index (χ0n) is 12.4. The summed E-state index contributed by atoms with van der Waals surface area (Å²) in [6.45, 7) is 0.793. The minimum Gasteiger partial charge on any atom is -0.493 e. The quantitative estimate of drug-likeness (QED) is 0.917. The summed E-state index contributed by atoms with van der Waals surface area (Å²) in [5.74, 6) is 1.52. The van der Waals surface area contributed by atoms with Crippen molar-refractivity contribution >= 4 is 0 Å². The summed E-state index contributed by atoms with van der Waals surface area (Å²) < 4.78 is 10.6. The lowest BCUT2D eigenvalue weighted by molar-refractivity contribution is 0.354. The van der Waals surface area contributed by atoms with E-state index >= 15 is 0 Å². The van der Waals surface area contributed by atoms with Crippen molar-refractivity contribution in [3.63, 3.8) is 0 Å². The third kappa shape index (κ3) is 2.85. The van der Waals surface area contributed by atoms with Crippen molar-refractivity contribution in [1.29, 1.82) is 0 Å². The van der Waals surface area contributed by atoms with Gasteiger partial charge in [-0.05, 0) is 42.2 Å². The van der Waals surface area contributed by atoms with E-state index in [1.165, 1.54) is 16.8 Å². The van der Waals surface area contributed by atoms with Gasteiger partial charge in [-0.2, -0.15) is 0 Å². The van der Waals surface area contributed by atoms with Crippen LogP contribution in [0.5, 0.6) is 11.5 Å². The molecule has 1 heterocycles. The number of aryl methyl sites for hydroxylation is 1. The molecule has 110 valence electrons. The molecule has 1 N–H and O–H groups in total. The fraction of sp³-hybridized carbons (Fsp3) is 0.353. The third-order valence-corrected chi connectivity index (χ3v) is 3.96. The SMILES string of the molecule is COc1ccc(CNC2CCc3cccnc32)cc1OC. The first-order valence-corrected chi connectivity index (χ1v) is 7.20. The molecule has 1 aliphatic carbocycles. The van der Waals surface area contributed by atoms with Gasteiger partial charge in [0.25, 0.3) is 0 Å². The number of fused-ring (bicyclic) bond motifs is 1. The highest BCUT2D eigenvalue weighted by molar-refractivity contribution is 5.43. The average molecular weight is 284 g/mol. The van der Waals surface area contributed by atoms with Gasteiger partial charge in [0, 0.05) is 12.7 Å². The highest BCUT2D eigenvalue weighted by Crippen LogP contribution is 2.30. The monoisotopic (exact) mass is 284 g/mol. The zero-order valence-corrected chi connectivity index (χ0v) is 12.4. The highest BCUT2D eigenvalue weighted by atomic mass is 16.5. The Labute approximate surface area is 125 Å². The van der Waals surface area contributed by atoms with Crippen LogP contribution in [0.15, 0.2) is 36.5 Å². The van der Waals surface area contributed by atoms with E-state index in [1.807, 2.05) is 24.4 Å². The molecular weight excluding hydrogens is 264 g/mol. The van der Waals surface area contributed by atoms with Crippen LogP contribution in [-0.2, 0) is 13.0 Å². The molecule has 0 saturated heterocycles. The van der Waals surface area contributed by atoms with Crippen LogP contribution in [0.1, 0.15) is 29.3 Å². The Morgan fingerprint density at radius 1 is 1.19 bits per heavy atom. The summed E-state index contributed by atoms with van der Waals surface area (Å²) in [7, 11) is 3.31. The van der Waals surface area contributed by atoms with E-state index in [0.717, 1.165) is 30.9 Å². The minimum atomic E-state index is 0.342. The van der Waals surface area contributed by atoms with Gasteiger partial charge >= 0.3 is 0 Å². The number of nitrogens with one attached hydrogen (secondary N) is 1. The van der Waals surface area contributed by atoms with Crippen molar-refractivity contribution in [2.45, 2.75) is 25.4 Å². The van der Waals surface area contributed by atoms with E-state index in [2.05, 4.69) is 22.4 Å². The first-order valence-electron chi connectivity index (χ1n) is 7.20. The average Bonchev–Trinajstić information content (AvgIpc) is 2.96. The summed E-state index contributed by atoms with van der Waals surface area (Å²) in [6.07, 6.45) is 4.08. The summed E-state index contributed by atoms with van der Waals surface area (Å²) in [4.78, 5) is 4.51. The van der Waals surface area contributed by atoms with Crippen LogP contribution < -0.4 is 14.8 Å². The van der Waals surface area contributed by atoms with Crippen molar-refractivity contribution in [1.82, 2.24) is 10.3 Å². The van der Waals surface area contributed by atoms with Crippen molar-refractivity contribution < 1.29 is 9.47 Å². The molecule has 0 spiro atoms. The van der Waals surface area contributed by atoms with Crippen molar-refractivity contribution in [2.24, 2.45) is 0 Å². The Balaban J connectivity index is 1.69. The molecule has 1 aliphatic rings. The van der Waals surface area contributed by atoms with E-state index in [1.54, 1.807) is 14.2 Å². The zero-order chi connectivity index (χ0) is 14.7. The molecule has 1 unspecified atom stereocenters. The number of ether oxygens (including phenoxy) is 2. The Kier molecular flexibility index (Phi) is 4.06. The van der Waals surface area contributed by atoms with E-state index in [9.17, 15) is 0 Å². The van der Waals surface area contributed by atoms with Crippen molar-refractivity contribution in [3.05, 3.63) is 53.3 Å². The lowest BCUT2D eigenvalue weighted by atomic mass is 10.1. The fourth-order valence-corrected chi connectivity index (χ4v) is 2.84. The number of nitrogens with zero attached hydrogens (tertiary/aromatic N) is 1. The van der Waals surface area contributed by atoms with Gasteiger partial charge < -0.3 is 14.8 Å². The largest absolute Gasteiger partial charge is 0.493 e. The van der Waals surface area contributed by atoms with E-state index < -0.39 is 0 Å². The van der Waals surface area contributed by atoms with Crippen LogP contribution >= 0.6 is 0 Å². The number of rotatable bonds is 5. The van der Waals surface area contributed by atoms with Crippen LogP contribution in [-0.4, -0.2) is 19.2 Å². The van der Waals surface area contributed by atoms with Gasteiger partial charge in [-0.15, -0.1) is 0 Å². The first kappa shape index (κ1) is 13.9. The maximum atomic E-state index is 5.34. The molecule has 1 aromatic carbocycles. The van der Waals surface area contributed by atoms with Gasteiger partial charge in [-0.3, -0.25) is 4.98 Å². The maximum Gasteiger partial charge on any atom is 0.161 e. The molecule has 1 aromatic heterocycles. The second-order valence-electron chi connectivity index (χ2n) is 5.21. The van der Waals surface area contributed by atoms with Gasteiger partial charge in [-0.1, -0.05) is 12.1 Å². The topological polar surface area (TPSA) is 43.4 Å². The normalized spacial score (nSPS) is 16.6.